The van der Waals surface area contributed by atoms with Gasteiger partial charge in [-0.15, -0.1) is 0 Å². The summed E-state index contributed by atoms with van der Waals surface area (Å²) in [6, 6.07) is 7.77. The van der Waals surface area contributed by atoms with Crippen LogP contribution in [0.3, 0.4) is 0 Å². The average Bonchev–Trinajstić information content (AvgIpc) is 2.57. The van der Waals surface area contributed by atoms with E-state index in [9.17, 15) is 4.39 Å². The molecule has 1 aliphatic heterocycles. The fraction of sp³-hybridized carbons (Fsp3) is 0.455. The van der Waals surface area contributed by atoms with Gasteiger partial charge >= 0.3 is 0 Å². The van der Waals surface area contributed by atoms with Crippen LogP contribution < -0.4 is 0 Å². The molecular weight excluding hydrogens is 247 g/mol. The van der Waals surface area contributed by atoms with Crippen LogP contribution in [0.4, 0.5) is 4.39 Å². The molecule has 1 unspecified atom stereocenters. The Labute approximate surface area is 91.4 Å². The molecule has 1 aromatic carbocycles. The zero-order chi connectivity index (χ0) is 10.0. The maximum absolute atomic E-state index is 14.0. The molecule has 1 aromatic rings. The predicted octanol–water partition coefficient (Wildman–Crippen LogP) is 3.12. The zero-order valence-corrected chi connectivity index (χ0v) is 9.39. The number of halogens is 2. The first-order valence-corrected chi connectivity index (χ1v) is 5.48. The van der Waals surface area contributed by atoms with Crippen LogP contribution in [-0.4, -0.2) is 18.9 Å². The summed E-state index contributed by atoms with van der Waals surface area (Å²) in [7, 11) is 0. The Kier molecular flexibility index (Phi) is 2.88. The monoisotopic (exact) mass is 258 g/mol. The molecule has 76 valence electrons. The summed E-state index contributed by atoms with van der Waals surface area (Å²) in [5, 5.41) is 0. The highest BCUT2D eigenvalue weighted by Crippen LogP contribution is 2.27. The van der Waals surface area contributed by atoms with Crippen LogP contribution >= 0.6 is 15.9 Å². The minimum Gasteiger partial charge on any atom is -0.378 e. The van der Waals surface area contributed by atoms with E-state index in [1.807, 2.05) is 24.3 Å². The summed E-state index contributed by atoms with van der Waals surface area (Å²) >= 11 is 3.35. The number of ether oxygens (including phenoxy) is 1. The number of hydrogen-bond acceptors (Lipinski definition) is 1. The van der Waals surface area contributed by atoms with Gasteiger partial charge in [-0.1, -0.05) is 28.1 Å². The Bertz CT molecular complexity index is 304. The smallest absolute Gasteiger partial charge is 0.140 e. The van der Waals surface area contributed by atoms with Gasteiger partial charge in [-0.2, -0.15) is 0 Å². The van der Waals surface area contributed by atoms with Crippen molar-refractivity contribution in [3.05, 3.63) is 34.3 Å². The maximum Gasteiger partial charge on any atom is 0.140 e. The molecule has 0 aliphatic carbocycles. The first-order chi connectivity index (χ1) is 6.68. The lowest BCUT2D eigenvalue weighted by Gasteiger charge is -2.16. The Balaban J connectivity index is 2.06. The third kappa shape index (κ3) is 2.34. The molecule has 0 N–H and O–H groups in total. The van der Waals surface area contributed by atoms with E-state index in [0.717, 1.165) is 10.0 Å². The van der Waals surface area contributed by atoms with E-state index in [1.54, 1.807) is 0 Å². The van der Waals surface area contributed by atoms with Crippen LogP contribution in [0.2, 0.25) is 0 Å². The second kappa shape index (κ2) is 3.99. The van der Waals surface area contributed by atoms with Crippen molar-refractivity contribution in [1.29, 1.82) is 0 Å². The van der Waals surface area contributed by atoms with Gasteiger partial charge in [-0.3, -0.25) is 0 Å². The van der Waals surface area contributed by atoms with Crippen molar-refractivity contribution in [2.75, 3.05) is 13.2 Å². The van der Waals surface area contributed by atoms with E-state index in [-0.39, 0.29) is 6.61 Å². The molecule has 1 heterocycles. The zero-order valence-electron chi connectivity index (χ0n) is 7.80. The normalized spacial score (nSPS) is 26.7. The van der Waals surface area contributed by atoms with E-state index >= 15 is 0 Å². The molecule has 0 saturated carbocycles. The highest BCUT2D eigenvalue weighted by atomic mass is 79.9. The fourth-order valence-electron chi connectivity index (χ4n) is 1.69. The molecule has 0 spiro atoms. The first kappa shape index (κ1) is 10.1. The third-order valence-corrected chi connectivity index (χ3v) is 3.02. The summed E-state index contributed by atoms with van der Waals surface area (Å²) in [5.41, 5.74) is -0.116. The van der Waals surface area contributed by atoms with E-state index in [2.05, 4.69) is 15.9 Å². The SMILES string of the molecule is FC1(Cc2ccc(Br)cc2)CCOC1. The number of benzene rings is 1. The van der Waals surface area contributed by atoms with Gasteiger partial charge in [-0.05, 0) is 17.7 Å². The topological polar surface area (TPSA) is 9.23 Å². The molecule has 1 fully saturated rings. The van der Waals surface area contributed by atoms with E-state index in [1.165, 1.54) is 0 Å². The molecule has 1 aliphatic rings. The molecule has 0 aromatic heterocycles. The molecule has 2 rings (SSSR count). The highest BCUT2D eigenvalue weighted by molar-refractivity contribution is 9.10. The molecule has 1 atom stereocenters. The summed E-state index contributed by atoms with van der Waals surface area (Å²) in [6.07, 6.45) is 0.976. The first-order valence-electron chi connectivity index (χ1n) is 4.69. The molecular formula is C11H12BrFO. The van der Waals surface area contributed by atoms with Gasteiger partial charge in [0.15, 0.2) is 0 Å². The molecule has 3 heteroatoms. The highest BCUT2D eigenvalue weighted by Gasteiger charge is 2.34. The van der Waals surface area contributed by atoms with E-state index in [0.29, 0.717) is 19.4 Å². The van der Waals surface area contributed by atoms with E-state index < -0.39 is 5.67 Å². The standard InChI is InChI=1S/C11H12BrFO/c12-10-3-1-9(2-4-10)7-11(13)5-6-14-8-11/h1-4H,5-8H2. The molecule has 0 amide bonds. The van der Waals surface area contributed by atoms with Gasteiger partial charge in [0.05, 0.1) is 6.61 Å². The predicted molar refractivity (Wildman–Crippen MR) is 57.1 cm³/mol. The Morgan fingerprint density at radius 2 is 2.07 bits per heavy atom. The van der Waals surface area contributed by atoms with Crippen molar-refractivity contribution in [3.8, 4) is 0 Å². The summed E-state index contributed by atoms with van der Waals surface area (Å²) in [4.78, 5) is 0. The van der Waals surface area contributed by atoms with Crippen LogP contribution in [0, 0.1) is 0 Å². The quantitative estimate of drug-likeness (QED) is 0.792. The van der Waals surface area contributed by atoms with Crippen LogP contribution in [0.5, 0.6) is 0 Å². The third-order valence-electron chi connectivity index (χ3n) is 2.49. The van der Waals surface area contributed by atoms with Crippen molar-refractivity contribution in [3.63, 3.8) is 0 Å². The van der Waals surface area contributed by atoms with Crippen LogP contribution in [0.15, 0.2) is 28.7 Å². The van der Waals surface area contributed by atoms with Crippen molar-refractivity contribution in [1.82, 2.24) is 0 Å². The Hall–Kier alpha value is -0.410. The maximum atomic E-state index is 14.0. The van der Waals surface area contributed by atoms with Crippen LogP contribution in [-0.2, 0) is 11.2 Å². The van der Waals surface area contributed by atoms with Crippen LogP contribution in [0.1, 0.15) is 12.0 Å². The van der Waals surface area contributed by atoms with Gasteiger partial charge in [0.1, 0.15) is 5.67 Å². The largest absolute Gasteiger partial charge is 0.378 e. The molecule has 0 bridgehead atoms. The summed E-state index contributed by atoms with van der Waals surface area (Å²) < 4.78 is 20.1. The lowest BCUT2D eigenvalue weighted by atomic mass is 9.96. The van der Waals surface area contributed by atoms with Crippen LogP contribution in [0.25, 0.3) is 0 Å². The van der Waals surface area contributed by atoms with E-state index in [4.69, 9.17) is 4.74 Å². The minimum atomic E-state index is -1.15. The number of rotatable bonds is 2. The number of alkyl halides is 1. The molecule has 0 radical (unpaired) electrons. The van der Waals surface area contributed by atoms with Crippen molar-refractivity contribution in [2.24, 2.45) is 0 Å². The van der Waals surface area contributed by atoms with Crippen molar-refractivity contribution >= 4 is 15.9 Å². The van der Waals surface area contributed by atoms with Gasteiger partial charge in [0.25, 0.3) is 0 Å². The second-order valence-corrected chi connectivity index (χ2v) is 4.67. The van der Waals surface area contributed by atoms with Gasteiger partial charge in [0, 0.05) is 23.9 Å². The lowest BCUT2D eigenvalue weighted by molar-refractivity contribution is 0.112. The van der Waals surface area contributed by atoms with Gasteiger partial charge < -0.3 is 4.74 Å². The Morgan fingerprint density at radius 1 is 1.36 bits per heavy atom. The minimum absolute atomic E-state index is 0.239. The molecule has 1 saturated heterocycles. The fourth-order valence-corrected chi connectivity index (χ4v) is 1.95. The van der Waals surface area contributed by atoms with Gasteiger partial charge in [0.2, 0.25) is 0 Å². The molecule has 1 nitrogen and oxygen atoms in total. The lowest BCUT2D eigenvalue weighted by Crippen LogP contribution is -2.25. The summed E-state index contributed by atoms with van der Waals surface area (Å²) in [6.45, 7) is 0.788. The summed E-state index contributed by atoms with van der Waals surface area (Å²) in [5.74, 6) is 0. The Morgan fingerprint density at radius 3 is 2.64 bits per heavy atom. The van der Waals surface area contributed by atoms with Gasteiger partial charge in [-0.25, -0.2) is 4.39 Å². The second-order valence-electron chi connectivity index (χ2n) is 3.76. The van der Waals surface area contributed by atoms with Crippen molar-refractivity contribution < 1.29 is 9.13 Å². The average molecular weight is 259 g/mol. The molecule has 14 heavy (non-hydrogen) atoms. The van der Waals surface area contributed by atoms with Crippen molar-refractivity contribution in [2.45, 2.75) is 18.5 Å². The number of hydrogen-bond donors (Lipinski definition) is 0.